The SMILES string of the molecule is c1ccc(N(c2ccc(-c3ccc4c(c3)C3CCCCCC3N4c3ccccc3)cc2)c2ccc3c(c2)C(c2ccccc2)(c2ccccc2)c2ccccc2-3)cc1. The Hall–Kier alpha value is -6.64. The van der Waals surface area contributed by atoms with Crippen molar-refractivity contribution < 1.29 is 0 Å². The first-order chi connectivity index (χ1) is 28.8. The summed E-state index contributed by atoms with van der Waals surface area (Å²) in [5, 5.41) is 0. The highest BCUT2D eigenvalue weighted by Crippen LogP contribution is 2.57. The van der Waals surface area contributed by atoms with Crippen LogP contribution in [0.2, 0.25) is 0 Å². The molecule has 1 saturated carbocycles. The van der Waals surface area contributed by atoms with Crippen molar-refractivity contribution in [3.05, 3.63) is 234 Å². The molecular formula is C56H46N2. The minimum atomic E-state index is -0.462. The molecule has 2 unspecified atom stereocenters. The highest BCUT2D eigenvalue weighted by molar-refractivity contribution is 5.90. The fourth-order valence-electron chi connectivity index (χ4n) is 10.7. The van der Waals surface area contributed by atoms with Crippen LogP contribution in [-0.2, 0) is 5.41 Å². The first-order valence-corrected chi connectivity index (χ1v) is 21.1. The summed E-state index contributed by atoms with van der Waals surface area (Å²) in [4.78, 5) is 5.07. The molecule has 2 atom stereocenters. The van der Waals surface area contributed by atoms with Gasteiger partial charge in [-0.1, -0.05) is 165 Å². The number of nitrogens with zero attached hydrogens (tertiary/aromatic N) is 2. The molecule has 280 valence electrons. The topological polar surface area (TPSA) is 6.48 Å². The van der Waals surface area contributed by atoms with E-state index in [0.29, 0.717) is 12.0 Å². The minimum Gasteiger partial charge on any atom is -0.338 e. The zero-order valence-electron chi connectivity index (χ0n) is 32.7. The van der Waals surface area contributed by atoms with Crippen LogP contribution < -0.4 is 9.80 Å². The molecule has 1 aliphatic heterocycles. The first kappa shape index (κ1) is 34.6. The van der Waals surface area contributed by atoms with Gasteiger partial charge in [-0.05, 0) is 124 Å². The number of hydrogen-bond donors (Lipinski definition) is 0. The Morgan fingerprint density at radius 2 is 1.00 bits per heavy atom. The molecule has 1 fully saturated rings. The van der Waals surface area contributed by atoms with Gasteiger partial charge in [-0.3, -0.25) is 0 Å². The normalized spacial score (nSPS) is 17.4. The molecular weight excluding hydrogens is 701 g/mol. The lowest BCUT2D eigenvalue weighted by atomic mass is 9.67. The molecule has 1 heterocycles. The van der Waals surface area contributed by atoms with Crippen LogP contribution in [0.3, 0.4) is 0 Å². The Kier molecular flexibility index (Phi) is 8.58. The predicted octanol–water partition coefficient (Wildman–Crippen LogP) is 14.8. The van der Waals surface area contributed by atoms with Crippen LogP contribution in [-0.4, -0.2) is 6.04 Å². The van der Waals surface area contributed by atoms with Gasteiger partial charge in [0.1, 0.15) is 0 Å². The lowest BCUT2D eigenvalue weighted by Crippen LogP contribution is -2.29. The van der Waals surface area contributed by atoms with E-state index in [1.165, 1.54) is 93.5 Å². The minimum absolute atomic E-state index is 0.462. The Morgan fingerprint density at radius 1 is 0.431 bits per heavy atom. The van der Waals surface area contributed by atoms with Gasteiger partial charge in [-0.15, -0.1) is 0 Å². The maximum atomic E-state index is 2.65. The van der Waals surface area contributed by atoms with Gasteiger partial charge in [-0.25, -0.2) is 0 Å². The Morgan fingerprint density at radius 3 is 1.72 bits per heavy atom. The van der Waals surface area contributed by atoms with Gasteiger partial charge in [0.2, 0.25) is 0 Å². The van der Waals surface area contributed by atoms with Crippen LogP contribution in [0.5, 0.6) is 0 Å². The summed E-state index contributed by atoms with van der Waals surface area (Å²) >= 11 is 0. The van der Waals surface area contributed by atoms with Gasteiger partial charge in [0.15, 0.2) is 0 Å². The van der Waals surface area contributed by atoms with Crippen molar-refractivity contribution >= 4 is 28.4 Å². The van der Waals surface area contributed by atoms with Crippen LogP contribution in [0.15, 0.2) is 206 Å². The molecule has 3 aliphatic rings. The van der Waals surface area contributed by atoms with Gasteiger partial charge in [0, 0.05) is 40.4 Å². The average Bonchev–Trinajstić information content (AvgIpc) is 3.64. The second kappa shape index (κ2) is 14.4. The lowest BCUT2D eigenvalue weighted by molar-refractivity contribution is 0.529. The molecule has 8 aromatic rings. The molecule has 58 heavy (non-hydrogen) atoms. The van der Waals surface area contributed by atoms with Gasteiger partial charge < -0.3 is 9.80 Å². The van der Waals surface area contributed by atoms with E-state index in [2.05, 4.69) is 216 Å². The molecule has 11 rings (SSSR count). The summed E-state index contributed by atoms with van der Waals surface area (Å²) in [7, 11) is 0. The van der Waals surface area contributed by atoms with Crippen LogP contribution in [0.1, 0.15) is 65.8 Å². The van der Waals surface area contributed by atoms with Crippen LogP contribution in [0, 0.1) is 0 Å². The van der Waals surface area contributed by atoms with E-state index in [9.17, 15) is 0 Å². The van der Waals surface area contributed by atoms with Gasteiger partial charge in [0.05, 0.1) is 5.41 Å². The van der Waals surface area contributed by atoms with E-state index >= 15 is 0 Å². The summed E-state index contributed by atoms with van der Waals surface area (Å²) in [6.07, 6.45) is 6.46. The van der Waals surface area contributed by atoms with E-state index in [-0.39, 0.29) is 0 Å². The molecule has 0 spiro atoms. The van der Waals surface area contributed by atoms with Crippen molar-refractivity contribution in [2.24, 2.45) is 0 Å². The van der Waals surface area contributed by atoms with Crippen molar-refractivity contribution in [3.63, 3.8) is 0 Å². The molecule has 0 saturated heterocycles. The summed E-state index contributed by atoms with van der Waals surface area (Å²) in [6, 6.07) is 77.2. The number of benzene rings is 8. The van der Waals surface area contributed by atoms with E-state index in [4.69, 9.17) is 0 Å². The highest BCUT2D eigenvalue weighted by atomic mass is 15.2. The Balaban J connectivity index is 1.02. The lowest BCUT2D eigenvalue weighted by Gasteiger charge is -2.35. The predicted molar refractivity (Wildman–Crippen MR) is 242 cm³/mol. The second-order valence-corrected chi connectivity index (χ2v) is 16.3. The third-order valence-electron chi connectivity index (χ3n) is 13.2. The highest BCUT2D eigenvalue weighted by Gasteiger charge is 2.46. The molecule has 2 aliphatic carbocycles. The van der Waals surface area contributed by atoms with Gasteiger partial charge in [0.25, 0.3) is 0 Å². The fraction of sp³-hybridized carbons (Fsp3) is 0.143. The van der Waals surface area contributed by atoms with Crippen molar-refractivity contribution in [2.45, 2.75) is 49.5 Å². The van der Waals surface area contributed by atoms with Crippen molar-refractivity contribution in [3.8, 4) is 22.3 Å². The molecule has 0 bridgehead atoms. The molecule has 2 nitrogen and oxygen atoms in total. The van der Waals surface area contributed by atoms with Gasteiger partial charge in [-0.2, -0.15) is 0 Å². The van der Waals surface area contributed by atoms with Gasteiger partial charge >= 0.3 is 0 Å². The Labute approximate surface area is 342 Å². The quantitative estimate of drug-likeness (QED) is 0.160. The monoisotopic (exact) mass is 746 g/mol. The zero-order valence-corrected chi connectivity index (χ0v) is 32.7. The smallest absolute Gasteiger partial charge is 0.0714 e. The first-order valence-electron chi connectivity index (χ1n) is 21.1. The van der Waals surface area contributed by atoms with Crippen LogP contribution in [0.4, 0.5) is 28.4 Å². The molecule has 0 amide bonds. The zero-order chi connectivity index (χ0) is 38.5. The average molecular weight is 747 g/mol. The fourth-order valence-corrected chi connectivity index (χ4v) is 10.7. The number of fused-ring (bicyclic) bond motifs is 6. The third-order valence-corrected chi connectivity index (χ3v) is 13.2. The van der Waals surface area contributed by atoms with Crippen LogP contribution in [0.25, 0.3) is 22.3 Å². The molecule has 0 N–H and O–H groups in total. The number of anilines is 5. The number of rotatable bonds is 7. The molecule has 0 radical (unpaired) electrons. The van der Waals surface area contributed by atoms with E-state index in [1.807, 2.05) is 0 Å². The summed E-state index contributed by atoms with van der Waals surface area (Å²) in [5.74, 6) is 0.565. The van der Waals surface area contributed by atoms with Crippen molar-refractivity contribution in [1.29, 1.82) is 0 Å². The van der Waals surface area contributed by atoms with Crippen LogP contribution >= 0.6 is 0 Å². The summed E-state index contributed by atoms with van der Waals surface area (Å²) < 4.78 is 0. The maximum absolute atomic E-state index is 2.65. The number of hydrogen-bond acceptors (Lipinski definition) is 2. The third kappa shape index (κ3) is 5.54. The van der Waals surface area contributed by atoms with Crippen molar-refractivity contribution in [1.82, 2.24) is 0 Å². The Bertz CT molecular complexity index is 2670. The molecule has 8 aromatic carbocycles. The summed E-state index contributed by atoms with van der Waals surface area (Å²) in [6.45, 7) is 0. The second-order valence-electron chi connectivity index (χ2n) is 16.3. The molecule has 2 heteroatoms. The van der Waals surface area contributed by atoms with E-state index in [0.717, 1.165) is 17.1 Å². The summed E-state index contributed by atoms with van der Waals surface area (Å²) in [5.41, 5.74) is 17.5. The number of para-hydroxylation sites is 2. The van der Waals surface area contributed by atoms with E-state index < -0.39 is 5.41 Å². The maximum Gasteiger partial charge on any atom is 0.0714 e. The standard InChI is InChI=1S/C56H46N2/c1-6-18-42(19-7-1)56(43-20-8-2-9-21-43)52-28-17-16-26-48(52)49-36-35-47(39-53(49)56)57(44-22-10-3-11-23-44)46-33-30-40(31-34-46)41-32-37-55-51(38-41)50-27-14-5-15-29-54(50)58(55)45-24-12-4-13-25-45/h1-4,6-13,16-26,28,30-39,50,54H,5,14-15,27,29H2. The van der Waals surface area contributed by atoms with E-state index in [1.54, 1.807) is 0 Å². The largest absolute Gasteiger partial charge is 0.338 e. The van der Waals surface area contributed by atoms with Crippen molar-refractivity contribution in [2.75, 3.05) is 9.80 Å². The molecule has 0 aromatic heterocycles.